The van der Waals surface area contributed by atoms with Crippen LogP contribution in [0.5, 0.6) is 0 Å². The quantitative estimate of drug-likeness (QED) is 0.880. The summed E-state index contributed by atoms with van der Waals surface area (Å²) in [5.74, 6) is 0.591. The Kier molecular flexibility index (Phi) is 4.81. The third kappa shape index (κ3) is 3.78. The van der Waals surface area contributed by atoms with Crippen LogP contribution in [0.25, 0.3) is 0 Å². The van der Waals surface area contributed by atoms with Crippen LogP contribution in [0.4, 0.5) is 24.8 Å². The Morgan fingerprint density at radius 3 is 2.44 bits per heavy atom. The van der Waals surface area contributed by atoms with Crippen LogP contribution in [-0.4, -0.2) is 25.1 Å². The summed E-state index contributed by atoms with van der Waals surface area (Å²) in [6.07, 6.45) is -3.50. The monoisotopic (exact) mass is 261 g/mol. The van der Waals surface area contributed by atoms with Crippen molar-refractivity contribution >= 4 is 11.6 Å². The van der Waals surface area contributed by atoms with Gasteiger partial charge in [-0.2, -0.15) is 13.2 Å². The van der Waals surface area contributed by atoms with Crippen molar-refractivity contribution in [3.63, 3.8) is 0 Å². The van der Waals surface area contributed by atoms with E-state index >= 15 is 0 Å². The number of nitrogens with one attached hydrogen (secondary N) is 1. The fraction of sp³-hybridized carbons (Fsp3) is 0.583. The van der Waals surface area contributed by atoms with E-state index in [9.17, 15) is 13.2 Å². The number of rotatable bonds is 5. The molecular formula is C12H18F3N3. The molecule has 1 aromatic rings. The molecule has 1 aromatic heterocycles. The van der Waals surface area contributed by atoms with Crippen LogP contribution in [0.2, 0.25) is 0 Å². The minimum Gasteiger partial charge on any atom is -0.370 e. The lowest BCUT2D eigenvalue weighted by Gasteiger charge is -2.20. The van der Waals surface area contributed by atoms with Crippen molar-refractivity contribution in [2.24, 2.45) is 0 Å². The van der Waals surface area contributed by atoms with E-state index in [1.165, 1.54) is 0 Å². The summed E-state index contributed by atoms with van der Waals surface area (Å²) in [5, 5.41) is 2.82. The fourth-order valence-corrected chi connectivity index (χ4v) is 1.60. The first kappa shape index (κ1) is 14.6. The number of hydrogen-bond acceptors (Lipinski definition) is 3. The van der Waals surface area contributed by atoms with Crippen molar-refractivity contribution in [3.8, 4) is 0 Å². The van der Waals surface area contributed by atoms with Crippen molar-refractivity contribution in [1.29, 1.82) is 0 Å². The molecule has 6 heteroatoms. The second-order valence-electron chi connectivity index (χ2n) is 4.05. The Bertz CT molecular complexity index is 391. The van der Waals surface area contributed by atoms with Crippen molar-refractivity contribution in [1.82, 2.24) is 4.98 Å². The molecular weight excluding hydrogens is 243 g/mol. The lowest BCUT2D eigenvalue weighted by atomic mass is 10.2. The first-order chi connectivity index (χ1) is 8.38. The molecule has 1 rings (SSSR count). The van der Waals surface area contributed by atoms with E-state index in [1.54, 1.807) is 11.9 Å². The predicted octanol–water partition coefficient (Wildman–Crippen LogP) is 3.38. The fourth-order valence-electron chi connectivity index (χ4n) is 1.60. The number of pyridine rings is 1. The summed E-state index contributed by atoms with van der Waals surface area (Å²) in [6.45, 7) is 4.98. The van der Waals surface area contributed by atoms with Crippen LogP contribution >= 0.6 is 0 Å². The van der Waals surface area contributed by atoms with Crippen LogP contribution in [0.1, 0.15) is 25.8 Å². The van der Waals surface area contributed by atoms with Crippen LogP contribution in [0.15, 0.2) is 12.1 Å². The molecule has 0 amide bonds. The van der Waals surface area contributed by atoms with E-state index in [0.717, 1.165) is 18.6 Å². The number of alkyl halides is 3. The molecule has 0 bridgehead atoms. The molecule has 0 fully saturated rings. The minimum absolute atomic E-state index is 0.255. The van der Waals surface area contributed by atoms with Crippen LogP contribution < -0.4 is 10.2 Å². The van der Waals surface area contributed by atoms with Gasteiger partial charge in [-0.15, -0.1) is 0 Å². The molecule has 0 spiro atoms. The van der Waals surface area contributed by atoms with E-state index in [1.807, 2.05) is 13.8 Å². The van der Waals surface area contributed by atoms with Gasteiger partial charge >= 0.3 is 6.18 Å². The van der Waals surface area contributed by atoms with Crippen molar-refractivity contribution in [3.05, 3.63) is 17.7 Å². The minimum atomic E-state index is -4.35. The standard InChI is InChI=1S/C12H18F3N3/c1-4-6-18(3)11-8-9(12(13,14)15)7-10(17-11)16-5-2/h7-8H,4-6H2,1-3H3,(H,16,17). The van der Waals surface area contributed by atoms with Gasteiger partial charge in [0, 0.05) is 20.1 Å². The van der Waals surface area contributed by atoms with Gasteiger partial charge in [0.1, 0.15) is 11.6 Å². The molecule has 0 saturated carbocycles. The highest BCUT2D eigenvalue weighted by molar-refractivity contribution is 5.50. The maximum absolute atomic E-state index is 12.8. The SMILES string of the molecule is CCCN(C)c1cc(C(F)(F)F)cc(NCC)n1. The normalized spacial score (nSPS) is 11.4. The van der Waals surface area contributed by atoms with E-state index < -0.39 is 11.7 Å². The van der Waals surface area contributed by atoms with E-state index in [4.69, 9.17) is 0 Å². The maximum Gasteiger partial charge on any atom is 0.416 e. The number of halogens is 3. The molecule has 102 valence electrons. The zero-order valence-electron chi connectivity index (χ0n) is 10.8. The number of hydrogen-bond donors (Lipinski definition) is 1. The number of aromatic nitrogens is 1. The molecule has 3 nitrogen and oxygen atoms in total. The van der Waals surface area contributed by atoms with Gasteiger partial charge in [0.25, 0.3) is 0 Å². The molecule has 1 heterocycles. The third-order valence-corrected chi connectivity index (χ3v) is 2.45. The molecule has 0 radical (unpaired) electrons. The van der Waals surface area contributed by atoms with Crippen molar-refractivity contribution in [2.45, 2.75) is 26.4 Å². The van der Waals surface area contributed by atoms with E-state index in [-0.39, 0.29) is 5.82 Å². The first-order valence-electron chi connectivity index (χ1n) is 5.92. The lowest BCUT2D eigenvalue weighted by Crippen LogP contribution is -2.20. The molecule has 0 aliphatic carbocycles. The molecule has 0 unspecified atom stereocenters. The van der Waals surface area contributed by atoms with Gasteiger partial charge in [0.05, 0.1) is 5.56 Å². The van der Waals surface area contributed by atoms with Crippen molar-refractivity contribution < 1.29 is 13.2 Å². The third-order valence-electron chi connectivity index (χ3n) is 2.45. The lowest BCUT2D eigenvalue weighted by molar-refractivity contribution is -0.137. The van der Waals surface area contributed by atoms with Gasteiger partial charge in [0.2, 0.25) is 0 Å². The summed E-state index contributed by atoms with van der Waals surface area (Å²) in [6, 6.07) is 2.11. The maximum atomic E-state index is 12.8. The van der Waals surface area contributed by atoms with Crippen LogP contribution in [0, 0.1) is 0 Å². The van der Waals surface area contributed by atoms with E-state index in [2.05, 4.69) is 10.3 Å². The summed E-state index contributed by atoms with van der Waals surface area (Å²) in [5.41, 5.74) is -0.675. The molecule has 0 aliphatic heterocycles. The Balaban J connectivity index is 3.13. The smallest absolute Gasteiger partial charge is 0.370 e. The zero-order chi connectivity index (χ0) is 13.8. The van der Waals surface area contributed by atoms with Gasteiger partial charge in [-0.1, -0.05) is 6.92 Å². The summed E-state index contributed by atoms with van der Waals surface area (Å²) < 4.78 is 38.3. The second kappa shape index (κ2) is 5.93. The molecule has 0 aliphatic rings. The van der Waals surface area contributed by atoms with Crippen LogP contribution in [0.3, 0.4) is 0 Å². The highest BCUT2D eigenvalue weighted by Gasteiger charge is 2.32. The second-order valence-corrected chi connectivity index (χ2v) is 4.05. The number of nitrogens with zero attached hydrogens (tertiary/aromatic N) is 2. The molecule has 0 aromatic carbocycles. The van der Waals surface area contributed by atoms with Gasteiger partial charge in [0.15, 0.2) is 0 Å². The van der Waals surface area contributed by atoms with Crippen LogP contribution in [-0.2, 0) is 6.18 Å². The molecule has 18 heavy (non-hydrogen) atoms. The molecule has 0 saturated heterocycles. The summed E-state index contributed by atoms with van der Waals surface area (Å²) in [7, 11) is 1.74. The van der Waals surface area contributed by atoms with E-state index in [0.29, 0.717) is 18.9 Å². The highest BCUT2D eigenvalue weighted by atomic mass is 19.4. The Morgan fingerprint density at radius 1 is 1.28 bits per heavy atom. The average Bonchev–Trinajstić information content (AvgIpc) is 2.28. The highest BCUT2D eigenvalue weighted by Crippen LogP contribution is 2.32. The largest absolute Gasteiger partial charge is 0.416 e. The Hall–Kier alpha value is -1.46. The topological polar surface area (TPSA) is 28.2 Å². The number of anilines is 2. The first-order valence-corrected chi connectivity index (χ1v) is 5.92. The summed E-state index contributed by atoms with van der Waals surface area (Å²) >= 11 is 0. The predicted molar refractivity (Wildman–Crippen MR) is 67.0 cm³/mol. The Morgan fingerprint density at radius 2 is 1.94 bits per heavy atom. The molecule has 1 N–H and O–H groups in total. The van der Waals surface area contributed by atoms with Gasteiger partial charge in [-0.05, 0) is 25.5 Å². The molecule has 0 atom stereocenters. The van der Waals surface area contributed by atoms with Gasteiger partial charge < -0.3 is 10.2 Å². The average molecular weight is 261 g/mol. The zero-order valence-corrected chi connectivity index (χ0v) is 10.8. The van der Waals surface area contributed by atoms with Gasteiger partial charge in [-0.3, -0.25) is 0 Å². The summed E-state index contributed by atoms with van der Waals surface area (Å²) in [4.78, 5) is 5.89. The van der Waals surface area contributed by atoms with Crippen molar-refractivity contribution in [2.75, 3.05) is 30.4 Å². The van der Waals surface area contributed by atoms with Gasteiger partial charge in [-0.25, -0.2) is 4.98 Å². The Labute approximate surface area is 105 Å².